The molecule has 0 radical (unpaired) electrons. The van der Waals surface area contributed by atoms with Gasteiger partial charge in [-0.2, -0.15) is 0 Å². The van der Waals surface area contributed by atoms with Gasteiger partial charge in [-0.3, -0.25) is 4.90 Å². The van der Waals surface area contributed by atoms with Gasteiger partial charge >= 0.3 is 0 Å². The third-order valence-electron chi connectivity index (χ3n) is 4.18. The number of aromatic nitrogens is 1. The van der Waals surface area contributed by atoms with Crippen LogP contribution in [0.2, 0.25) is 0 Å². The molecule has 4 rings (SSSR count). The van der Waals surface area contributed by atoms with E-state index >= 15 is 0 Å². The molecular weight excluding hydrogens is 410 g/mol. The van der Waals surface area contributed by atoms with Crippen molar-refractivity contribution in [2.45, 2.75) is 24.8 Å². The van der Waals surface area contributed by atoms with E-state index in [9.17, 15) is 8.42 Å². The van der Waals surface area contributed by atoms with E-state index in [0.29, 0.717) is 22.3 Å². The zero-order valence-electron chi connectivity index (χ0n) is 15.8. The van der Waals surface area contributed by atoms with Gasteiger partial charge in [0.05, 0.1) is 28.6 Å². The molecule has 7 nitrogen and oxygen atoms in total. The maximum atomic E-state index is 12.0. The van der Waals surface area contributed by atoms with Gasteiger partial charge in [-0.1, -0.05) is 0 Å². The van der Waals surface area contributed by atoms with Crippen LogP contribution in [0.5, 0.6) is 5.75 Å². The molecule has 1 aliphatic heterocycles. The van der Waals surface area contributed by atoms with Crippen LogP contribution >= 0.6 is 11.3 Å². The summed E-state index contributed by atoms with van der Waals surface area (Å²) in [5.41, 5.74) is 2.18. The SMILES string of the molecule is CC(C)Oc1ccc(S(N)(=O)=O)cc1N(c1nccs1)c1ccc2occcc1-2. The molecule has 2 aliphatic rings. The van der Waals surface area contributed by atoms with E-state index in [0.717, 1.165) is 11.3 Å². The van der Waals surface area contributed by atoms with Crippen molar-refractivity contribution in [1.29, 1.82) is 0 Å². The maximum absolute atomic E-state index is 12.0. The quantitative estimate of drug-likeness (QED) is 0.475. The highest BCUT2D eigenvalue weighted by molar-refractivity contribution is 7.89. The van der Waals surface area contributed by atoms with E-state index < -0.39 is 10.0 Å². The predicted octanol–water partition coefficient (Wildman–Crippen LogP) is 4.75. The molecule has 29 heavy (non-hydrogen) atoms. The minimum absolute atomic E-state index is 0.00860. The average molecular weight is 430 g/mol. The third-order valence-corrected chi connectivity index (χ3v) is 5.85. The van der Waals surface area contributed by atoms with Crippen LogP contribution in [0.1, 0.15) is 13.8 Å². The van der Waals surface area contributed by atoms with Gasteiger partial charge < -0.3 is 9.15 Å². The first-order valence-corrected chi connectivity index (χ1v) is 11.3. The number of thiazole rings is 1. The molecule has 0 atom stereocenters. The number of hydrogen-bond acceptors (Lipinski definition) is 7. The maximum Gasteiger partial charge on any atom is 0.238 e. The van der Waals surface area contributed by atoms with E-state index in [1.807, 2.05) is 42.3 Å². The van der Waals surface area contributed by atoms with Crippen LogP contribution in [0.15, 0.2) is 69.6 Å². The number of fused-ring (bicyclic) bond motifs is 1. The Labute approximate surface area is 172 Å². The summed E-state index contributed by atoms with van der Waals surface area (Å²) in [5, 5.41) is 7.90. The first-order chi connectivity index (χ1) is 13.8. The lowest BCUT2D eigenvalue weighted by Crippen LogP contribution is -2.17. The monoisotopic (exact) mass is 429 g/mol. The smallest absolute Gasteiger partial charge is 0.238 e. The zero-order chi connectivity index (χ0) is 20.6. The molecule has 0 saturated carbocycles. The Bertz CT molecular complexity index is 1200. The number of primary sulfonamides is 1. The van der Waals surface area contributed by atoms with E-state index in [2.05, 4.69) is 4.98 Å². The van der Waals surface area contributed by atoms with Crippen LogP contribution in [0.3, 0.4) is 0 Å². The highest BCUT2D eigenvalue weighted by atomic mass is 32.2. The number of anilines is 3. The molecule has 0 spiro atoms. The molecule has 150 valence electrons. The fraction of sp³-hybridized carbons (Fsp3) is 0.150. The second-order valence-corrected chi connectivity index (χ2v) is 9.04. The fourth-order valence-corrected chi connectivity index (χ4v) is 4.24. The number of rotatable bonds is 6. The van der Waals surface area contributed by atoms with Crippen LogP contribution in [-0.2, 0) is 10.0 Å². The highest BCUT2D eigenvalue weighted by Crippen LogP contribution is 2.47. The van der Waals surface area contributed by atoms with E-state index in [1.54, 1.807) is 24.6 Å². The van der Waals surface area contributed by atoms with Crippen molar-refractivity contribution in [3.63, 3.8) is 0 Å². The molecule has 0 fully saturated rings. The second kappa shape index (κ2) is 7.51. The fourth-order valence-electron chi connectivity index (χ4n) is 3.04. The van der Waals surface area contributed by atoms with Crippen molar-refractivity contribution in [3.05, 3.63) is 60.3 Å². The number of benzene rings is 1. The summed E-state index contributed by atoms with van der Waals surface area (Å²) < 4.78 is 35.6. The first kappa shape index (κ1) is 19.4. The second-order valence-electron chi connectivity index (χ2n) is 6.60. The van der Waals surface area contributed by atoms with Crippen LogP contribution in [-0.4, -0.2) is 19.5 Å². The molecule has 0 bridgehead atoms. The Balaban J connectivity index is 1.98. The molecular formula is C20H19N3O4S2. The summed E-state index contributed by atoms with van der Waals surface area (Å²) in [6.45, 7) is 3.81. The van der Waals surface area contributed by atoms with Gasteiger partial charge in [0.15, 0.2) is 5.13 Å². The van der Waals surface area contributed by atoms with Crippen LogP contribution < -0.4 is 14.8 Å². The first-order valence-electron chi connectivity index (χ1n) is 8.84. The van der Waals surface area contributed by atoms with Crippen molar-refractivity contribution in [3.8, 4) is 17.1 Å². The molecule has 2 N–H and O–H groups in total. The molecule has 1 aromatic heterocycles. The summed E-state index contributed by atoms with van der Waals surface area (Å²) in [5.74, 6) is 1.22. The topological polar surface area (TPSA) is 98.7 Å². The minimum atomic E-state index is -3.90. The van der Waals surface area contributed by atoms with Gasteiger partial charge in [-0.15, -0.1) is 11.3 Å². The van der Waals surface area contributed by atoms with E-state index in [4.69, 9.17) is 14.3 Å². The molecule has 0 amide bonds. The van der Waals surface area contributed by atoms with Gasteiger partial charge in [-0.05, 0) is 56.3 Å². The number of hydrogen-bond donors (Lipinski definition) is 1. The Morgan fingerprint density at radius 1 is 1.17 bits per heavy atom. The Morgan fingerprint density at radius 2 is 2.00 bits per heavy atom. The number of ether oxygens (including phenoxy) is 1. The highest BCUT2D eigenvalue weighted by Gasteiger charge is 2.26. The summed E-state index contributed by atoms with van der Waals surface area (Å²) in [4.78, 5) is 6.29. The number of nitrogens with zero attached hydrogens (tertiary/aromatic N) is 2. The van der Waals surface area contributed by atoms with Crippen molar-refractivity contribution >= 4 is 37.9 Å². The van der Waals surface area contributed by atoms with Crippen molar-refractivity contribution < 1.29 is 17.6 Å². The molecule has 1 aliphatic carbocycles. The van der Waals surface area contributed by atoms with Gasteiger partial charge in [0.1, 0.15) is 11.5 Å². The standard InChI is InChI=1S/C20H19N3O4S2/c1-13(2)27-19-7-5-14(29(21,24)25)12-17(19)23(20-22-9-11-28-20)16-6-8-18-15(16)4-3-10-26-18/h3-13H,1-2H3,(H2,21,24,25). The normalized spacial score (nSPS) is 11.9. The van der Waals surface area contributed by atoms with E-state index in [-0.39, 0.29) is 11.0 Å². The van der Waals surface area contributed by atoms with Gasteiger partial charge in [0, 0.05) is 17.1 Å². The van der Waals surface area contributed by atoms with Gasteiger partial charge in [0.25, 0.3) is 0 Å². The minimum Gasteiger partial charge on any atom is -0.489 e. The van der Waals surface area contributed by atoms with E-state index in [1.165, 1.54) is 23.5 Å². The van der Waals surface area contributed by atoms with Crippen LogP contribution in [0, 0.1) is 0 Å². The molecule has 2 heterocycles. The molecule has 1 aromatic carbocycles. The molecule has 0 saturated heterocycles. The van der Waals surface area contributed by atoms with Crippen LogP contribution in [0.25, 0.3) is 11.3 Å². The Morgan fingerprint density at radius 3 is 2.69 bits per heavy atom. The molecule has 2 aromatic rings. The third kappa shape index (κ3) is 3.84. The van der Waals surface area contributed by atoms with Gasteiger partial charge in [-0.25, -0.2) is 18.5 Å². The summed E-state index contributed by atoms with van der Waals surface area (Å²) >= 11 is 1.42. The van der Waals surface area contributed by atoms with Gasteiger partial charge in [0.2, 0.25) is 10.0 Å². The van der Waals surface area contributed by atoms with Crippen molar-refractivity contribution in [2.24, 2.45) is 5.14 Å². The Kier molecular flexibility index (Phi) is 5.03. The van der Waals surface area contributed by atoms with Crippen molar-refractivity contribution in [1.82, 2.24) is 4.98 Å². The Hall–Kier alpha value is -2.88. The lowest BCUT2D eigenvalue weighted by molar-refractivity contribution is 0.243. The molecule has 9 heteroatoms. The molecule has 0 unspecified atom stereocenters. The zero-order valence-corrected chi connectivity index (χ0v) is 17.4. The lowest BCUT2D eigenvalue weighted by atomic mass is 10.2. The largest absolute Gasteiger partial charge is 0.489 e. The van der Waals surface area contributed by atoms with Crippen molar-refractivity contribution in [2.75, 3.05) is 4.90 Å². The summed E-state index contributed by atoms with van der Waals surface area (Å²) in [6.07, 6.45) is 3.18. The summed E-state index contributed by atoms with van der Waals surface area (Å²) in [6, 6.07) is 12.1. The predicted molar refractivity (Wildman–Crippen MR) is 113 cm³/mol. The van der Waals surface area contributed by atoms with Crippen LogP contribution in [0.4, 0.5) is 16.5 Å². The number of nitrogens with two attached hydrogens (primary N) is 1. The summed E-state index contributed by atoms with van der Waals surface area (Å²) in [7, 11) is -3.90. The number of sulfonamides is 1. The average Bonchev–Trinajstić information content (AvgIpc) is 3.33. The lowest BCUT2D eigenvalue weighted by Gasteiger charge is -2.26.